The molecule has 1 aliphatic heterocycles. The lowest BCUT2D eigenvalue weighted by atomic mass is 10.0. The van der Waals surface area contributed by atoms with Crippen molar-refractivity contribution in [1.82, 2.24) is 34.4 Å². The Balaban J connectivity index is 1.20. The second kappa shape index (κ2) is 11.7. The number of nitriles is 1. The van der Waals surface area contributed by atoms with Crippen LogP contribution in [0.1, 0.15) is 24.2 Å². The first-order chi connectivity index (χ1) is 20.5. The highest BCUT2D eigenvalue weighted by Gasteiger charge is 2.21. The summed E-state index contributed by atoms with van der Waals surface area (Å²) in [5, 5.41) is 12.4. The van der Waals surface area contributed by atoms with Crippen molar-refractivity contribution in [3.63, 3.8) is 0 Å². The van der Waals surface area contributed by atoms with Crippen molar-refractivity contribution in [2.24, 2.45) is 0 Å². The van der Waals surface area contributed by atoms with Crippen molar-refractivity contribution in [2.45, 2.75) is 32.0 Å². The quantitative estimate of drug-likeness (QED) is 0.276. The summed E-state index contributed by atoms with van der Waals surface area (Å²) in [6.45, 7) is -0.410. The van der Waals surface area contributed by atoms with Crippen molar-refractivity contribution in [3.8, 4) is 29.0 Å². The van der Waals surface area contributed by atoms with E-state index in [1.54, 1.807) is 41.2 Å². The Morgan fingerprint density at radius 2 is 1.81 bits per heavy atom. The largest absolute Gasteiger partial charge is 0.417 e. The van der Waals surface area contributed by atoms with E-state index >= 15 is 0 Å². The number of benzene rings is 1. The van der Waals surface area contributed by atoms with Crippen LogP contribution in [0.15, 0.2) is 67.0 Å². The van der Waals surface area contributed by atoms with Gasteiger partial charge in [0.2, 0.25) is 11.7 Å². The smallest absolute Gasteiger partial charge is 0.388 e. The third-order valence-electron chi connectivity index (χ3n) is 7.06. The Hall–Kier alpha value is -5.22. The minimum absolute atomic E-state index is 0.151. The van der Waals surface area contributed by atoms with Crippen LogP contribution >= 0.6 is 0 Å². The molecule has 1 saturated heterocycles. The van der Waals surface area contributed by atoms with Gasteiger partial charge in [-0.05, 0) is 54.8 Å². The normalized spacial score (nSPS) is 14.2. The molecule has 0 unspecified atom stereocenters. The fourth-order valence-corrected chi connectivity index (χ4v) is 5.07. The molecule has 1 aromatic carbocycles. The Kier molecular flexibility index (Phi) is 7.52. The highest BCUT2D eigenvalue weighted by atomic mass is 19.3. The maximum atomic E-state index is 12.9. The maximum Gasteiger partial charge on any atom is 0.388 e. The van der Waals surface area contributed by atoms with Crippen molar-refractivity contribution >= 4 is 22.8 Å². The van der Waals surface area contributed by atoms with E-state index in [1.807, 2.05) is 30.3 Å². The molecule has 0 radical (unpaired) electrons. The summed E-state index contributed by atoms with van der Waals surface area (Å²) in [6, 6.07) is 18.5. The molecular formula is C29H26F2N10O. The van der Waals surface area contributed by atoms with Gasteiger partial charge in [0.25, 0.3) is 0 Å². The number of nitrogens with one attached hydrogen (secondary N) is 1. The molecule has 4 aromatic heterocycles. The Labute approximate surface area is 239 Å². The second-order valence-electron chi connectivity index (χ2n) is 9.82. The molecule has 0 spiro atoms. The number of aromatic nitrogens is 6. The van der Waals surface area contributed by atoms with E-state index in [1.165, 1.54) is 6.07 Å². The molecule has 3 N–H and O–H groups in total. The number of likely N-dealkylation sites (tertiary alicyclic amines) is 1. The molecule has 1 fully saturated rings. The number of imidazole rings is 1. The van der Waals surface area contributed by atoms with Crippen LogP contribution in [0.25, 0.3) is 28.2 Å². The molecule has 13 heteroatoms. The fraction of sp³-hybridized carbons (Fsp3) is 0.241. The summed E-state index contributed by atoms with van der Waals surface area (Å²) in [5.41, 5.74) is 9.50. The highest BCUT2D eigenvalue weighted by Crippen LogP contribution is 2.31. The second-order valence-corrected chi connectivity index (χ2v) is 9.82. The Morgan fingerprint density at radius 3 is 2.55 bits per heavy atom. The van der Waals surface area contributed by atoms with Gasteiger partial charge < -0.3 is 15.8 Å². The molecule has 0 saturated carbocycles. The van der Waals surface area contributed by atoms with E-state index in [0.29, 0.717) is 28.4 Å². The van der Waals surface area contributed by atoms with Crippen LogP contribution in [-0.4, -0.2) is 60.1 Å². The summed E-state index contributed by atoms with van der Waals surface area (Å²) >= 11 is 0. The first kappa shape index (κ1) is 27.0. The Morgan fingerprint density at radius 1 is 1.00 bits per heavy atom. The standard InChI is InChI=1S/C29H26F2N10O/c30-29(31)42-25-8-7-22-28(39-25)41(27(37-22)21-2-1-12-35-26(21)33)20-5-3-18(4-6-20)17-40-14-10-19(11-15-40)36-23-9-13-34-24(16-32)38-23/h1-9,12-13,19,29H,10-11,14-15,17H2,(H2,33,35)(H,34,36,38). The van der Waals surface area contributed by atoms with Crippen LogP contribution in [0.3, 0.4) is 0 Å². The molecule has 0 bridgehead atoms. The number of nitrogen functional groups attached to an aromatic ring is 1. The van der Waals surface area contributed by atoms with Gasteiger partial charge >= 0.3 is 6.61 Å². The summed E-state index contributed by atoms with van der Waals surface area (Å²) in [6.07, 6.45) is 5.05. The Bertz CT molecular complexity index is 1740. The molecule has 11 nitrogen and oxygen atoms in total. The summed E-state index contributed by atoms with van der Waals surface area (Å²) in [7, 11) is 0. The van der Waals surface area contributed by atoms with Crippen LogP contribution in [0.5, 0.6) is 5.88 Å². The van der Waals surface area contributed by atoms with Crippen LogP contribution in [-0.2, 0) is 6.54 Å². The average Bonchev–Trinajstić information content (AvgIpc) is 3.37. The van der Waals surface area contributed by atoms with Gasteiger partial charge in [-0.3, -0.25) is 9.47 Å². The number of rotatable bonds is 8. The van der Waals surface area contributed by atoms with E-state index in [2.05, 4.69) is 34.9 Å². The number of fused-ring (bicyclic) bond motifs is 1. The van der Waals surface area contributed by atoms with E-state index in [0.717, 1.165) is 43.7 Å². The molecule has 42 heavy (non-hydrogen) atoms. The highest BCUT2D eigenvalue weighted by molar-refractivity contribution is 5.83. The maximum absolute atomic E-state index is 12.9. The summed E-state index contributed by atoms with van der Waals surface area (Å²) in [5.74, 6) is 1.39. The number of nitrogens with zero attached hydrogens (tertiary/aromatic N) is 8. The minimum Gasteiger partial charge on any atom is -0.417 e. The van der Waals surface area contributed by atoms with Gasteiger partial charge in [0.05, 0.1) is 5.56 Å². The van der Waals surface area contributed by atoms with Crippen molar-refractivity contribution < 1.29 is 13.5 Å². The van der Waals surface area contributed by atoms with Gasteiger partial charge in [0, 0.05) is 49.8 Å². The van der Waals surface area contributed by atoms with Crippen molar-refractivity contribution in [2.75, 3.05) is 24.1 Å². The lowest BCUT2D eigenvalue weighted by Crippen LogP contribution is -2.38. The lowest BCUT2D eigenvalue weighted by molar-refractivity contribution is -0.0526. The van der Waals surface area contributed by atoms with E-state index in [4.69, 9.17) is 16.0 Å². The molecule has 5 heterocycles. The molecular weight excluding hydrogens is 542 g/mol. The zero-order chi connectivity index (χ0) is 29.1. The van der Waals surface area contributed by atoms with E-state index in [9.17, 15) is 8.78 Å². The van der Waals surface area contributed by atoms with Crippen LogP contribution in [0.2, 0.25) is 0 Å². The molecule has 0 aliphatic carbocycles. The predicted octanol–water partition coefficient (Wildman–Crippen LogP) is 4.40. The molecule has 212 valence electrons. The number of hydrogen-bond acceptors (Lipinski definition) is 10. The molecule has 0 atom stereocenters. The third kappa shape index (κ3) is 5.79. The number of piperidine rings is 1. The number of pyridine rings is 2. The van der Waals surface area contributed by atoms with E-state index < -0.39 is 6.61 Å². The molecule has 5 aromatic rings. The predicted molar refractivity (Wildman–Crippen MR) is 152 cm³/mol. The van der Waals surface area contributed by atoms with Crippen molar-refractivity contribution in [1.29, 1.82) is 5.26 Å². The molecule has 6 rings (SSSR count). The minimum atomic E-state index is -3.00. The summed E-state index contributed by atoms with van der Waals surface area (Å²) < 4.78 is 32.2. The number of nitrogens with two attached hydrogens (primary N) is 1. The van der Waals surface area contributed by atoms with Gasteiger partial charge in [0.1, 0.15) is 23.2 Å². The van der Waals surface area contributed by atoms with Crippen LogP contribution in [0.4, 0.5) is 20.4 Å². The van der Waals surface area contributed by atoms with Gasteiger partial charge in [-0.1, -0.05) is 12.1 Å². The fourth-order valence-electron chi connectivity index (χ4n) is 5.07. The number of ether oxygens (including phenoxy) is 1. The average molecular weight is 569 g/mol. The van der Waals surface area contributed by atoms with Crippen molar-refractivity contribution in [3.05, 3.63) is 78.4 Å². The third-order valence-corrected chi connectivity index (χ3v) is 7.06. The van der Waals surface area contributed by atoms with Gasteiger partial charge in [-0.15, -0.1) is 0 Å². The van der Waals surface area contributed by atoms with Gasteiger partial charge in [0.15, 0.2) is 11.5 Å². The SMILES string of the molecule is N#Cc1nccc(NC2CCN(Cc3ccc(-n4c(-c5cccnc5N)nc5ccc(OC(F)F)nc54)cc3)CC2)n1. The first-order valence-electron chi connectivity index (χ1n) is 13.3. The van der Waals surface area contributed by atoms with E-state index in [-0.39, 0.29) is 23.6 Å². The zero-order valence-corrected chi connectivity index (χ0v) is 22.4. The zero-order valence-electron chi connectivity index (χ0n) is 22.4. The monoisotopic (exact) mass is 568 g/mol. The summed E-state index contributed by atoms with van der Waals surface area (Å²) in [4.78, 5) is 23.7. The first-order valence-corrected chi connectivity index (χ1v) is 13.3. The number of anilines is 2. The number of alkyl halides is 2. The van der Waals surface area contributed by atoms with Crippen LogP contribution < -0.4 is 15.8 Å². The topological polar surface area (TPSA) is 144 Å². The number of hydrogen-bond donors (Lipinski definition) is 2. The van der Waals surface area contributed by atoms with Crippen LogP contribution in [0, 0.1) is 11.3 Å². The van der Waals surface area contributed by atoms with Gasteiger partial charge in [-0.25, -0.2) is 19.9 Å². The molecule has 1 aliphatic rings. The number of halogens is 2. The van der Waals surface area contributed by atoms with Gasteiger partial charge in [-0.2, -0.15) is 19.0 Å². The lowest BCUT2D eigenvalue weighted by Gasteiger charge is -2.32. The molecule has 0 amide bonds.